The van der Waals surface area contributed by atoms with Crippen molar-refractivity contribution >= 4 is 29.2 Å². The van der Waals surface area contributed by atoms with Gasteiger partial charge in [0.2, 0.25) is 5.91 Å². The standard InChI is InChI=1S/C24H29N5O6/c1-15(6-4-5-10-28-14-17(9-11-30)25-26-28)24(34)19-12-18(7-8-20(19)27(3)23(24)33)29-21(32)13-22(29)35-16(2)31/h4,6-8,12,14-15,22,30,34H,5,9-11,13H2,1-3H3/b6-4+/t15-,22?,24+/m0/s1. The number of esters is 1. The number of β-lactam (4-membered cyclic amide) rings is 1. The molecule has 2 aliphatic heterocycles. The highest BCUT2D eigenvalue weighted by molar-refractivity contribution is 6.08. The number of hydrogen-bond acceptors (Lipinski definition) is 8. The lowest BCUT2D eigenvalue weighted by atomic mass is 9.82. The van der Waals surface area contributed by atoms with Crippen LogP contribution in [0, 0.1) is 5.92 Å². The number of carbonyl (C=O) groups excluding carboxylic acids is 3. The molecule has 11 heteroatoms. The van der Waals surface area contributed by atoms with Crippen LogP contribution in [0.4, 0.5) is 11.4 Å². The third-order valence-electron chi connectivity index (χ3n) is 6.43. The summed E-state index contributed by atoms with van der Waals surface area (Å²) in [7, 11) is 1.60. The molecule has 35 heavy (non-hydrogen) atoms. The molecule has 2 aromatic rings. The van der Waals surface area contributed by atoms with Crippen molar-refractivity contribution in [2.45, 2.75) is 51.5 Å². The first kappa shape index (κ1) is 24.6. The monoisotopic (exact) mass is 483 g/mol. The molecular formula is C24H29N5O6. The quantitative estimate of drug-likeness (QED) is 0.305. The highest BCUT2D eigenvalue weighted by atomic mass is 16.6. The molecule has 0 bridgehead atoms. The summed E-state index contributed by atoms with van der Waals surface area (Å²) in [6.45, 7) is 3.61. The van der Waals surface area contributed by atoms with Crippen LogP contribution in [0.2, 0.25) is 0 Å². The van der Waals surface area contributed by atoms with Crippen molar-refractivity contribution in [3.63, 3.8) is 0 Å². The number of aliphatic hydroxyl groups is 2. The van der Waals surface area contributed by atoms with Crippen molar-refractivity contribution in [1.82, 2.24) is 15.0 Å². The van der Waals surface area contributed by atoms with Gasteiger partial charge < -0.3 is 19.8 Å². The predicted molar refractivity (Wildman–Crippen MR) is 125 cm³/mol. The number of benzene rings is 1. The van der Waals surface area contributed by atoms with E-state index < -0.39 is 29.6 Å². The highest BCUT2D eigenvalue weighted by Gasteiger charge is 2.52. The summed E-state index contributed by atoms with van der Waals surface area (Å²) in [5, 5.41) is 28.6. The minimum absolute atomic E-state index is 0.0106. The molecule has 186 valence electrons. The topological polar surface area (TPSA) is 138 Å². The molecule has 1 saturated heterocycles. The smallest absolute Gasteiger partial charge is 0.304 e. The van der Waals surface area contributed by atoms with Gasteiger partial charge in [-0.15, -0.1) is 5.10 Å². The number of anilines is 2. The fourth-order valence-electron chi connectivity index (χ4n) is 4.50. The second-order valence-corrected chi connectivity index (χ2v) is 8.82. The van der Waals surface area contributed by atoms with Crippen LogP contribution in [0.3, 0.4) is 0 Å². The average molecular weight is 484 g/mol. The summed E-state index contributed by atoms with van der Waals surface area (Å²) in [5.41, 5.74) is 0.295. The van der Waals surface area contributed by atoms with Crippen LogP contribution >= 0.6 is 0 Å². The largest absolute Gasteiger partial charge is 0.441 e. The maximum Gasteiger partial charge on any atom is 0.304 e. The minimum Gasteiger partial charge on any atom is -0.441 e. The second kappa shape index (κ2) is 9.59. The molecule has 0 saturated carbocycles. The number of nitrogens with zero attached hydrogens (tertiary/aromatic N) is 5. The number of allylic oxidation sites excluding steroid dienone is 1. The molecular weight excluding hydrogens is 454 g/mol. The molecule has 1 unspecified atom stereocenters. The van der Waals surface area contributed by atoms with Gasteiger partial charge in [0.15, 0.2) is 11.8 Å². The number of hydrogen-bond donors (Lipinski definition) is 2. The lowest BCUT2D eigenvalue weighted by Gasteiger charge is -2.39. The Morgan fingerprint density at radius 3 is 2.83 bits per heavy atom. The number of aryl methyl sites for hydroxylation is 1. The number of ether oxygens (including phenoxy) is 1. The van der Waals surface area contributed by atoms with E-state index >= 15 is 0 Å². The van der Waals surface area contributed by atoms with Gasteiger partial charge in [0.25, 0.3) is 5.91 Å². The number of aromatic nitrogens is 3. The zero-order chi connectivity index (χ0) is 25.3. The third kappa shape index (κ3) is 4.44. The Morgan fingerprint density at radius 1 is 1.37 bits per heavy atom. The first-order valence-electron chi connectivity index (χ1n) is 11.5. The van der Waals surface area contributed by atoms with E-state index in [-0.39, 0.29) is 18.9 Å². The summed E-state index contributed by atoms with van der Waals surface area (Å²) in [4.78, 5) is 39.5. The number of aliphatic hydroxyl groups excluding tert-OH is 1. The second-order valence-electron chi connectivity index (χ2n) is 8.82. The fourth-order valence-corrected chi connectivity index (χ4v) is 4.50. The van der Waals surface area contributed by atoms with Crippen LogP contribution in [-0.2, 0) is 37.7 Å². The average Bonchev–Trinajstić information content (AvgIpc) is 3.33. The number of rotatable bonds is 9. The molecule has 3 heterocycles. The van der Waals surface area contributed by atoms with Crippen molar-refractivity contribution in [2.75, 3.05) is 23.5 Å². The maximum absolute atomic E-state index is 13.1. The van der Waals surface area contributed by atoms with Crippen molar-refractivity contribution < 1.29 is 29.3 Å². The lowest BCUT2D eigenvalue weighted by molar-refractivity contribution is -0.153. The van der Waals surface area contributed by atoms with E-state index in [1.807, 2.05) is 6.08 Å². The summed E-state index contributed by atoms with van der Waals surface area (Å²) in [6.07, 6.45) is 5.87. The van der Waals surface area contributed by atoms with Gasteiger partial charge in [0, 0.05) is 56.9 Å². The molecule has 0 radical (unpaired) electrons. The van der Waals surface area contributed by atoms with Gasteiger partial charge in [-0.2, -0.15) is 0 Å². The highest BCUT2D eigenvalue weighted by Crippen LogP contribution is 2.46. The van der Waals surface area contributed by atoms with Gasteiger partial charge in [-0.1, -0.05) is 24.3 Å². The van der Waals surface area contributed by atoms with Crippen molar-refractivity contribution in [2.24, 2.45) is 5.92 Å². The summed E-state index contributed by atoms with van der Waals surface area (Å²) < 4.78 is 6.87. The molecule has 1 aromatic carbocycles. The Kier molecular flexibility index (Phi) is 6.73. The molecule has 2 amide bonds. The number of fused-ring (bicyclic) bond motifs is 1. The van der Waals surface area contributed by atoms with Crippen molar-refractivity contribution in [3.05, 3.63) is 47.8 Å². The Labute approximate surface area is 202 Å². The normalized spacial score (nSPS) is 22.5. The number of carbonyl (C=O) groups is 3. The summed E-state index contributed by atoms with van der Waals surface area (Å²) in [6, 6.07) is 4.97. The van der Waals surface area contributed by atoms with Gasteiger partial charge in [0.05, 0.1) is 17.8 Å². The molecule has 11 nitrogen and oxygen atoms in total. The van der Waals surface area contributed by atoms with E-state index in [1.54, 1.807) is 49.1 Å². The molecule has 2 N–H and O–H groups in total. The molecule has 0 spiro atoms. The van der Waals surface area contributed by atoms with Gasteiger partial charge in [0.1, 0.15) is 0 Å². The van der Waals surface area contributed by atoms with Gasteiger partial charge in [-0.25, -0.2) is 0 Å². The van der Waals surface area contributed by atoms with Crippen LogP contribution in [0.1, 0.15) is 37.9 Å². The van der Waals surface area contributed by atoms with Crippen LogP contribution in [0.15, 0.2) is 36.5 Å². The van der Waals surface area contributed by atoms with Crippen LogP contribution < -0.4 is 9.80 Å². The fraction of sp³-hybridized carbons (Fsp3) is 0.458. The van der Waals surface area contributed by atoms with E-state index in [2.05, 4.69) is 10.3 Å². The van der Waals surface area contributed by atoms with E-state index in [0.717, 1.165) is 0 Å². The van der Waals surface area contributed by atoms with Crippen molar-refractivity contribution in [3.8, 4) is 0 Å². The predicted octanol–water partition coefficient (Wildman–Crippen LogP) is 0.885. The Morgan fingerprint density at radius 2 is 2.14 bits per heavy atom. The lowest BCUT2D eigenvalue weighted by Crippen LogP contribution is -2.55. The molecule has 4 rings (SSSR count). The maximum atomic E-state index is 13.1. The van der Waals surface area contributed by atoms with E-state index in [9.17, 15) is 19.5 Å². The molecule has 2 aliphatic rings. The van der Waals surface area contributed by atoms with E-state index in [1.165, 1.54) is 16.7 Å². The van der Waals surface area contributed by atoms with Crippen LogP contribution in [-0.4, -0.2) is 62.9 Å². The number of amides is 2. The zero-order valence-corrected chi connectivity index (χ0v) is 19.9. The van der Waals surface area contributed by atoms with Crippen LogP contribution in [0.5, 0.6) is 0 Å². The summed E-state index contributed by atoms with van der Waals surface area (Å²) in [5.74, 6) is -1.72. The first-order chi connectivity index (χ1) is 16.7. The molecule has 3 atom stereocenters. The SMILES string of the molecule is CC(=O)OC1CC(=O)N1c1ccc2c(c1)[C@](O)([C@@H](C)/C=C/CCn1cc(CCO)nn1)C(=O)N2C. The Bertz CT molecular complexity index is 1180. The van der Waals surface area contributed by atoms with Gasteiger partial charge >= 0.3 is 5.97 Å². The van der Waals surface area contributed by atoms with Gasteiger partial charge in [-0.3, -0.25) is 24.0 Å². The minimum atomic E-state index is -1.82. The summed E-state index contributed by atoms with van der Waals surface area (Å²) >= 11 is 0. The van der Waals surface area contributed by atoms with Crippen LogP contribution in [0.25, 0.3) is 0 Å². The van der Waals surface area contributed by atoms with Crippen molar-refractivity contribution in [1.29, 1.82) is 0 Å². The third-order valence-corrected chi connectivity index (χ3v) is 6.43. The van der Waals surface area contributed by atoms with E-state index in [0.29, 0.717) is 42.0 Å². The molecule has 0 aliphatic carbocycles. The molecule has 1 aromatic heterocycles. The zero-order valence-electron chi connectivity index (χ0n) is 19.9. The van der Waals surface area contributed by atoms with Gasteiger partial charge in [-0.05, 0) is 24.6 Å². The van der Waals surface area contributed by atoms with E-state index in [4.69, 9.17) is 9.84 Å². The molecule has 1 fully saturated rings. The number of likely N-dealkylation sites (N-methyl/N-ethyl adjacent to an activating group) is 1. The first-order valence-corrected chi connectivity index (χ1v) is 11.5. The Hall–Kier alpha value is -3.57. The Balaban J connectivity index is 1.52.